The van der Waals surface area contributed by atoms with E-state index < -0.39 is 24.2 Å². The maximum Gasteiger partial charge on any atom is 0.438 e. The van der Waals surface area contributed by atoms with Gasteiger partial charge in [-0.25, -0.2) is 0 Å². The van der Waals surface area contributed by atoms with E-state index in [-0.39, 0.29) is 17.1 Å². The molecule has 1 heterocycles. The zero-order chi connectivity index (χ0) is 21.2. The SMILES string of the molecule is COc1ccc(CC(=O)N2N=C(c3cccc(OC)c3)CC2(O)C(F)(F)F)cc1. The van der Waals surface area contributed by atoms with Crippen molar-refractivity contribution >= 4 is 11.6 Å². The summed E-state index contributed by atoms with van der Waals surface area (Å²) in [6, 6.07) is 12.6. The fourth-order valence-corrected chi connectivity index (χ4v) is 2.98. The molecule has 1 aliphatic rings. The molecule has 0 spiro atoms. The molecule has 154 valence electrons. The van der Waals surface area contributed by atoms with E-state index in [2.05, 4.69) is 5.10 Å². The Morgan fingerprint density at radius 2 is 1.79 bits per heavy atom. The molecular weight excluding hydrogens is 389 g/mol. The number of carbonyl (C=O) groups is 1. The zero-order valence-corrected chi connectivity index (χ0v) is 15.7. The molecule has 1 unspecified atom stereocenters. The summed E-state index contributed by atoms with van der Waals surface area (Å²) in [5, 5.41) is 14.4. The summed E-state index contributed by atoms with van der Waals surface area (Å²) in [7, 11) is 2.90. The van der Waals surface area contributed by atoms with Crippen LogP contribution in [0.4, 0.5) is 13.2 Å². The average Bonchev–Trinajstić information content (AvgIpc) is 3.08. The predicted molar refractivity (Wildman–Crippen MR) is 98.7 cm³/mol. The largest absolute Gasteiger partial charge is 0.497 e. The van der Waals surface area contributed by atoms with Crippen LogP contribution in [0, 0.1) is 0 Å². The fraction of sp³-hybridized carbons (Fsp3) is 0.300. The minimum atomic E-state index is -5.09. The molecule has 3 rings (SSSR count). The van der Waals surface area contributed by atoms with Crippen LogP contribution < -0.4 is 9.47 Å². The summed E-state index contributed by atoms with van der Waals surface area (Å²) < 4.78 is 51.1. The summed E-state index contributed by atoms with van der Waals surface area (Å²) in [5.74, 6) is -0.0101. The lowest BCUT2D eigenvalue weighted by molar-refractivity contribution is -0.302. The summed E-state index contributed by atoms with van der Waals surface area (Å²) in [6.45, 7) is 0. The molecule has 0 aromatic heterocycles. The number of methoxy groups -OCH3 is 2. The fourth-order valence-electron chi connectivity index (χ4n) is 2.98. The van der Waals surface area contributed by atoms with Gasteiger partial charge in [0.05, 0.1) is 32.8 Å². The first-order valence-corrected chi connectivity index (χ1v) is 8.65. The molecule has 1 atom stereocenters. The topological polar surface area (TPSA) is 71.4 Å². The molecule has 1 N–H and O–H groups in total. The Bertz CT molecular complexity index is 928. The lowest BCUT2D eigenvalue weighted by Crippen LogP contribution is -2.57. The second-order valence-electron chi connectivity index (χ2n) is 6.50. The number of hydrogen-bond donors (Lipinski definition) is 1. The van der Waals surface area contributed by atoms with Crippen molar-refractivity contribution in [2.45, 2.75) is 24.7 Å². The molecule has 0 bridgehead atoms. The van der Waals surface area contributed by atoms with Crippen molar-refractivity contribution in [3.8, 4) is 11.5 Å². The van der Waals surface area contributed by atoms with Gasteiger partial charge in [0.25, 0.3) is 5.72 Å². The molecule has 2 aromatic rings. The third-order valence-electron chi connectivity index (χ3n) is 4.59. The number of carbonyl (C=O) groups excluding carboxylic acids is 1. The van der Waals surface area contributed by atoms with Crippen LogP contribution in [0.25, 0.3) is 0 Å². The molecule has 0 saturated heterocycles. The first-order valence-electron chi connectivity index (χ1n) is 8.65. The van der Waals surface area contributed by atoms with Gasteiger partial charge < -0.3 is 14.6 Å². The van der Waals surface area contributed by atoms with E-state index in [1.807, 2.05) is 0 Å². The molecule has 0 radical (unpaired) electrons. The Morgan fingerprint density at radius 3 is 2.38 bits per heavy atom. The Balaban J connectivity index is 1.92. The normalized spacial score (nSPS) is 19.1. The summed E-state index contributed by atoms with van der Waals surface area (Å²) in [4.78, 5) is 12.6. The first-order chi connectivity index (χ1) is 13.7. The number of nitrogens with zero attached hydrogens (tertiary/aromatic N) is 2. The maximum atomic E-state index is 13.7. The molecule has 0 aliphatic carbocycles. The van der Waals surface area contributed by atoms with Gasteiger partial charge in [0, 0.05) is 5.56 Å². The van der Waals surface area contributed by atoms with E-state index in [1.54, 1.807) is 36.4 Å². The Labute approximate surface area is 165 Å². The number of hydrazone groups is 1. The maximum absolute atomic E-state index is 13.7. The van der Waals surface area contributed by atoms with Crippen LogP contribution in [0.15, 0.2) is 53.6 Å². The highest BCUT2D eigenvalue weighted by molar-refractivity contribution is 6.04. The number of amides is 1. The number of hydrogen-bond acceptors (Lipinski definition) is 5. The molecule has 29 heavy (non-hydrogen) atoms. The van der Waals surface area contributed by atoms with E-state index in [9.17, 15) is 23.1 Å². The summed E-state index contributed by atoms with van der Waals surface area (Å²) in [5.41, 5.74) is -2.70. The summed E-state index contributed by atoms with van der Waals surface area (Å²) >= 11 is 0. The van der Waals surface area contributed by atoms with Gasteiger partial charge in [0.1, 0.15) is 11.5 Å². The predicted octanol–water partition coefficient (Wildman–Crippen LogP) is 3.13. The van der Waals surface area contributed by atoms with Gasteiger partial charge >= 0.3 is 6.18 Å². The van der Waals surface area contributed by atoms with Crippen molar-refractivity contribution in [3.05, 3.63) is 59.7 Å². The highest BCUT2D eigenvalue weighted by Gasteiger charge is 2.63. The number of ether oxygens (including phenoxy) is 2. The van der Waals surface area contributed by atoms with E-state index in [1.165, 1.54) is 26.4 Å². The number of alkyl halides is 3. The van der Waals surface area contributed by atoms with E-state index in [0.29, 0.717) is 22.6 Å². The minimum absolute atomic E-state index is 0.0631. The third-order valence-corrected chi connectivity index (χ3v) is 4.59. The Morgan fingerprint density at radius 1 is 1.14 bits per heavy atom. The smallest absolute Gasteiger partial charge is 0.438 e. The van der Waals surface area contributed by atoms with Crippen LogP contribution in [-0.2, 0) is 11.2 Å². The second kappa shape index (κ2) is 7.75. The van der Waals surface area contributed by atoms with Gasteiger partial charge in [-0.15, -0.1) is 0 Å². The monoisotopic (exact) mass is 408 g/mol. The number of benzene rings is 2. The first kappa shape index (κ1) is 20.7. The molecule has 0 saturated carbocycles. The van der Waals surface area contributed by atoms with Crippen molar-refractivity contribution < 1.29 is 32.5 Å². The molecular formula is C20H19F3N2O4. The standard InChI is InChI=1S/C20H19F3N2O4/c1-28-15-8-6-13(7-9-15)10-18(26)25-19(27,20(21,22)23)12-17(24-25)14-4-3-5-16(11-14)29-2/h3-9,11,27H,10,12H2,1-2H3. The van der Waals surface area contributed by atoms with Gasteiger partial charge in [-0.1, -0.05) is 24.3 Å². The van der Waals surface area contributed by atoms with Crippen LogP contribution in [0.3, 0.4) is 0 Å². The highest BCUT2D eigenvalue weighted by Crippen LogP contribution is 2.41. The average molecular weight is 408 g/mol. The molecule has 9 heteroatoms. The lowest BCUT2D eigenvalue weighted by atomic mass is 10.0. The van der Waals surface area contributed by atoms with Crippen molar-refractivity contribution in [3.63, 3.8) is 0 Å². The second-order valence-corrected chi connectivity index (χ2v) is 6.50. The molecule has 2 aromatic carbocycles. The van der Waals surface area contributed by atoms with Crippen LogP contribution >= 0.6 is 0 Å². The molecule has 6 nitrogen and oxygen atoms in total. The van der Waals surface area contributed by atoms with Gasteiger partial charge in [-0.3, -0.25) is 4.79 Å². The number of rotatable bonds is 5. The van der Waals surface area contributed by atoms with Crippen molar-refractivity contribution in [2.24, 2.45) is 5.10 Å². The van der Waals surface area contributed by atoms with E-state index in [0.717, 1.165) is 0 Å². The van der Waals surface area contributed by atoms with Crippen molar-refractivity contribution in [1.29, 1.82) is 0 Å². The molecule has 1 amide bonds. The van der Waals surface area contributed by atoms with Crippen LogP contribution in [-0.4, -0.2) is 47.9 Å². The third kappa shape index (κ3) is 4.04. The van der Waals surface area contributed by atoms with E-state index in [4.69, 9.17) is 9.47 Å². The van der Waals surface area contributed by atoms with Crippen molar-refractivity contribution in [1.82, 2.24) is 5.01 Å². The highest BCUT2D eigenvalue weighted by atomic mass is 19.4. The number of halogens is 3. The zero-order valence-electron chi connectivity index (χ0n) is 15.7. The van der Waals surface area contributed by atoms with E-state index >= 15 is 0 Å². The Hall–Kier alpha value is -3.07. The summed E-state index contributed by atoms with van der Waals surface area (Å²) in [6.07, 6.45) is -6.33. The minimum Gasteiger partial charge on any atom is -0.497 e. The Kier molecular flexibility index (Phi) is 5.52. The van der Waals surface area contributed by atoms with Crippen LogP contribution in [0.1, 0.15) is 17.5 Å². The van der Waals surface area contributed by atoms with Crippen molar-refractivity contribution in [2.75, 3.05) is 14.2 Å². The molecule has 0 fully saturated rings. The molecule has 1 aliphatic heterocycles. The van der Waals surface area contributed by atoms with Crippen LogP contribution in [0.2, 0.25) is 0 Å². The van der Waals surface area contributed by atoms with Crippen LogP contribution in [0.5, 0.6) is 11.5 Å². The lowest BCUT2D eigenvalue weighted by Gasteiger charge is -2.32. The quantitative estimate of drug-likeness (QED) is 0.825. The van der Waals surface area contributed by atoms with Gasteiger partial charge in [-0.2, -0.15) is 23.3 Å². The van der Waals surface area contributed by atoms with Gasteiger partial charge in [0.2, 0.25) is 5.91 Å². The number of aliphatic hydroxyl groups is 1. The van der Waals surface area contributed by atoms with Gasteiger partial charge in [0.15, 0.2) is 0 Å². The van der Waals surface area contributed by atoms with Gasteiger partial charge in [-0.05, 0) is 29.8 Å².